The summed E-state index contributed by atoms with van der Waals surface area (Å²) in [4.78, 5) is 8.82. The number of rotatable bonds is 5. The standard InChI is InChI=1S/C20H25FN4O/c21-18-5-7-19(8-6-18)24-11-13-25(14-12-24)20(22)23-10-9-16-1-3-17(15-26)4-2-16/h1-8,26H,9-15H2,(H2,22,23). The fourth-order valence-corrected chi connectivity index (χ4v) is 3.06. The Hall–Kier alpha value is -2.60. The van der Waals surface area contributed by atoms with Gasteiger partial charge in [0.25, 0.3) is 0 Å². The van der Waals surface area contributed by atoms with Gasteiger partial charge in [-0.2, -0.15) is 0 Å². The Bertz CT molecular complexity index is 722. The number of guanidine groups is 1. The molecule has 3 N–H and O–H groups in total. The molecule has 0 spiro atoms. The van der Waals surface area contributed by atoms with Crippen LogP contribution in [0.2, 0.25) is 0 Å². The predicted octanol–water partition coefficient (Wildman–Crippen LogP) is 2.00. The molecule has 0 atom stereocenters. The molecular weight excluding hydrogens is 331 g/mol. The fraction of sp³-hybridized carbons (Fsp3) is 0.350. The van der Waals surface area contributed by atoms with Crippen LogP contribution in [-0.4, -0.2) is 48.7 Å². The highest BCUT2D eigenvalue weighted by Gasteiger charge is 2.18. The second-order valence-electron chi connectivity index (χ2n) is 6.42. The van der Waals surface area contributed by atoms with Crippen LogP contribution in [0.5, 0.6) is 0 Å². The largest absolute Gasteiger partial charge is 0.392 e. The van der Waals surface area contributed by atoms with Crippen molar-refractivity contribution in [3.63, 3.8) is 0 Å². The summed E-state index contributed by atoms with van der Waals surface area (Å²) < 4.78 is 13.0. The summed E-state index contributed by atoms with van der Waals surface area (Å²) in [5, 5.41) is 9.06. The molecule has 1 aliphatic rings. The topological polar surface area (TPSA) is 65.1 Å². The van der Waals surface area contributed by atoms with Crippen molar-refractivity contribution < 1.29 is 9.50 Å². The maximum absolute atomic E-state index is 13.0. The van der Waals surface area contributed by atoms with Crippen molar-refractivity contribution in [3.8, 4) is 0 Å². The highest BCUT2D eigenvalue weighted by Crippen LogP contribution is 2.16. The van der Waals surface area contributed by atoms with Crippen molar-refractivity contribution in [2.24, 2.45) is 10.7 Å². The van der Waals surface area contributed by atoms with Crippen molar-refractivity contribution in [1.82, 2.24) is 4.90 Å². The minimum absolute atomic E-state index is 0.0648. The lowest BCUT2D eigenvalue weighted by Crippen LogP contribution is -2.51. The van der Waals surface area contributed by atoms with Gasteiger partial charge in [0, 0.05) is 38.4 Å². The average molecular weight is 356 g/mol. The molecule has 1 saturated heterocycles. The Balaban J connectivity index is 1.47. The number of nitrogens with zero attached hydrogens (tertiary/aromatic N) is 3. The van der Waals surface area contributed by atoms with Gasteiger partial charge in [-0.1, -0.05) is 24.3 Å². The van der Waals surface area contributed by atoms with Gasteiger partial charge < -0.3 is 20.6 Å². The molecule has 1 fully saturated rings. The lowest BCUT2D eigenvalue weighted by Gasteiger charge is -2.36. The van der Waals surface area contributed by atoms with Gasteiger partial charge in [0.2, 0.25) is 0 Å². The lowest BCUT2D eigenvalue weighted by atomic mass is 10.1. The third-order valence-corrected chi connectivity index (χ3v) is 4.68. The van der Waals surface area contributed by atoms with Crippen molar-refractivity contribution in [3.05, 3.63) is 65.5 Å². The molecule has 6 heteroatoms. The Kier molecular flexibility index (Phi) is 6.07. The molecule has 3 rings (SSSR count). The second-order valence-corrected chi connectivity index (χ2v) is 6.42. The van der Waals surface area contributed by atoms with Crippen molar-refractivity contribution >= 4 is 11.6 Å². The van der Waals surface area contributed by atoms with E-state index in [2.05, 4.69) is 14.8 Å². The molecular formula is C20H25FN4O. The van der Waals surface area contributed by atoms with Gasteiger partial charge in [-0.25, -0.2) is 4.39 Å². The third-order valence-electron chi connectivity index (χ3n) is 4.68. The number of aliphatic imine (C=N–C) groups is 1. The molecule has 2 aromatic carbocycles. The number of aliphatic hydroxyl groups is 1. The van der Waals surface area contributed by atoms with Crippen molar-refractivity contribution in [2.45, 2.75) is 13.0 Å². The van der Waals surface area contributed by atoms with Crippen LogP contribution in [0, 0.1) is 5.82 Å². The van der Waals surface area contributed by atoms with E-state index in [0.717, 1.165) is 43.9 Å². The highest BCUT2D eigenvalue weighted by atomic mass is 19.1. The van der Waals surface area contributed by atoms with Crippen LogP contribution >= 0.6 is 0 Å². The Morgan fingerprint density at radius 3 is 2.19 bits per heavy atom. The van der Waals surface area contributed by atoms with E-state index in [-0.39, 0.29) is 12.4 Å². The first-order valence-electron chi connectivity index (χ1n) is 8.90. The molecule has 5 nitrogen and oxygen atoms in total. The van der Waals surface area contributed by atoms with Gasteiger partial charge in [0.1, 0.15) is 5.82 Å². The number of nitrogens with two attached hydrogens (primary N) is 1. The van der Waals surface area contributed by atoms with Crippen LogP contribution in [-0.2, 0) is 13.0 Å². The zero-order chi connectivity index (χ0) is 18.4. The summed E-state index contributed by atoms with van der Waals surface area (Å²) in [6.45, 7) is 3.99. The minimum atomic E-state index is -0.213. The maximum Gasteiger partial charge on any atom is 0.191 e. The maximum atomic E-state index is 13.0. The SMILES string of the molecule is NC(=NCCc1ccc(CO)cc1)N1CCN(c2ccc(F)cc2)CC1. The molecule has 0 bridgehead atoms. The fourth-order valence-electron chi connectivity index (χ4n) is 3.06. The van der Waals surface area contributed by atoms with Crippen LogP contribution in [0.1, 0.15) is 11.1 Å². The summed E-state index contributed by atoms with van der Waals surface area (Å²) in [5.74, 6) is 0.366. The van der Waals surface area contributed by atoms with E-state index >= 15 is 0 Å². The predicted molar refractivity (Wildman–Crippen MR) is 103 cm³/mol. The van der Waals surface area contributed by atoms with Crippen molar-refractivity contribution in [1.29, 1.82) is 0 Å². The molecule has 0 amide bonds. The number of halogens is 1. The van der Waals surface area contributed by atoms with Crippen LogP contribution in [0.3, 0.4) is 0 Å². The molecule has 138 valence electrons. The quantitative estimate of drug-likeness (QED) is 0.635. The van der Waals surface area contributed by atoms with E-state index in [1.165, 1.54) is 17.7 Å². The van der Waals surface area contributed by atoms with Crippen molar-refractivity contribution in [2.75, 3.05) is 37.6 Å². The van der Waals surface area contributed by atoms with E-state index in [0.29, 0.717) is 12.5 Å². The molecule has 0 aromatic heterocycles. The average Bonchev–Trinajstić information content (AvgIpc) is 2.69. The summed E-state index contributed by atoms with van der Waals surface area (Å²) in [6, 6.07) is 14.5. The van der Waals surface area contributed by atoms with E-state index in [1.54, 1.807) is 0 Å². The molecule has 0 aliphatic carbocycles. The monoisotopic (exact) mass is 356 g/mol. The molecule has 0 radical (unpaired) electrons. The molecule has 0 unspecified atom stereocenters. The Labute approximate surface area is 153 Å². The van der Waals surface area contributed by atoms with Gasteiger partial charge >= 0.3 is 0 Å². The zero-order valence-electron chi connectivity index (χ0n) is 14.8. The molecule has 2 aromatic rings. The van der Waals surface area contributed by atoms with E-state index in [4.69, 9.17) is 10.8 Å². The number of aliphatic hydroxyl groups excluding tert-OH is 1. The molecule has 26 heavy (non-hydrogen) atoms. The van der Waals surface area contributed by atoms with Gasteiger partial charge in [-0.3, -0.25) is 4.99 Å². The first kappa shape index (κ1) is 18.2. The van der Waals surface area contributed by atoms with Gasteiger partial charge in [-0.15, -0.1) is 0 Å². The third kappa shape index (κ3) is 4.73. The van der Waals surface area contributed by atoms with Gasteiger partial charge in [0.05, 0.1) is 6.61 Å². The number of piperazine rings is 1. The van der Waals surface area contributed by atoms with Crippen LogP contribution in [0.4, 0.5) is 10.1 Å². The number of hydrogen-bond donors (Lipinski definition) is 2. The Morgan fingerprint density at radius 2 is 1.58 bits per heavy atom. The van der Waals surface area contributed by atoms with E-state index in [9.17, 15) is 4.39 Å². The first-order valence-corrected chi connectivity index (χ1v) is 8.90. The smallest absolute Gasteiger partial charge is 0.191 e. The minimum Gasteiger partial charge on any atom is -0.392 e. The lowest BCUT2D eigenvalue weighted by molar-refractivity contribution is 0.282. The first-order chi connectivity index (χ1) is 12.7. The Morgan fingerprint density at radius 1 is 0.962 bits per heavy atom. The highest BCUT2D eigenvalue weighted by molar-refractivity contribution is 5.78. The number of anilines is 1. The van der Waals surface area contributed by atoms with Crippen LogP contribution in [0.25, 0.3) is 0 Å². The zero-order valence-corrected chi connectivity index (χ0v) is 14.8. The normalized spacial score (nSPS) is 15.4. The summed E-state index contributed by atoms with van der Waals surface area (Å²) in [5.41, 5.74) is 9.27. The van der Waals surface area contributed by atoms with E-state index in [1.807, 2.05) is 36.4 Å². The molecule has 0 saturated carbocycles. The molecule has 1 heterocycles. The summed E-state index contributed by atoms with van der Waals surface area (Å²) in [6.07, 6.45) is 0.821. The van der Waals surface area contributed by atoms with E-state index < -0.39 is 0 Å². The van der Waals surface area contributed by atoms with Gasteiger partial charge in [0.15, 0.2) is 5.96 Å². The summed E-state index contributed by atoms with van der Waals surface area (Å²) in [7, 11) is 0. The van der Waals surface area contributed by atoms with Gasteiger partial charge in [-0.05, 0) is 41.8 Å². The summed E-state index contributed by atoms with van der Waals surface area (Å²) >= 11 is 0. The van der Waals surface area contributed by atoms with Crippen LogP contribution < -0.4 is 10.6 Å². The number of benzene rings is 2. The second kappa shape index (κ2) is 8.67. The van der Waals surface area contributed by atoms with Crippen LogP contribution in [0.15, 0.2) is 53.5 Å². The number of hydrogen-bond acceptors (Lipinski definition) is 3. The molecule has 1 aliphatic heterocycles.